The molecular formula is C16H22N2O. The molecule has 0 spiro atoms. The lowest BCUT2D eigenvalue weighted by atomic mass is 10.1. The Bertz CT molecular complexity index is 435. The molecule has 3 nitrogen and oxygen atoms in total. The normalized spacial score (nSPS) is 16.4. The van der Waals surface area contributed by atoms with Gasteiger partial charge < -0.3 is 10.2 Å². The largest absolute Gasteiger partial charge is 0.341 e. The Morgan fingerprint density at radius 1 is 1.32 bits per heavy atom. The Morgan fingerprint density at radius 2 is 1.95 bits per heavy atom. The summed E-state index contributed by atoms with van der Waals surface area (Å²) in [4.78, 5) is 14.1. The Morgan fingerprint density at radius 3 is 2.58 bits per heavy atom. The highest BCUT2D eigenvalue weighted by Crippen LogP contribution is 2.12. The quantitative estimate of drug-likeness (QED) is 0.879. The number of likely N-dealkylation sites (tertiary alicyclic amines) is 1. The summed E-state index contributed by atoms with van der Waals surface area (Å²) in [5.74, 6) is 0.207. The van der Waals surface area contributed by atoms with E-state index in [4.69, 9.17) is 0 Å². The van der Waals surface area contributed by atoms with Crippen molar-refractivity contribution in [3.05, 3.63) is 42.5 Å². The first-order valence-corrected chi connectivity index (χ1v) is 6.94. The molecule has 1 aromatic carbocycles. The standard InChI is InChI=1S/C16H22N2O/c1-13(15-8-4-3-5-9-15)12-17-14(2)16(19)18-10-6-7-11-18/h3-5,8-9,14,17H,1,6-7,10-12H2,2H3. The molecule has 102 valence electrons. The van der Waals surface area contributed by atoms with Gasteiger partial charge in [-0.1, -0.05) is 36.9 Å². The van der Waals surface area contributed by atoms with Crippen LogP contribution < -0.4 is 5.32 Å². The zero-order chi connectivity index (χ0) is 13.7. The lowest BCUT2D eigenvalue weighted by Crippen LogP contribution is -2.44. The first-order chi connectivity index (χ1) is 9.18. The molecule has 0 bridgehead atoms. The van der Waals surface area contributed by atoms with Crippen LogP contribution in [-0.4, -0.2) is 36.5 Å². The van der Waals surface area contributed by atoms with Crippen molar-refractivity contribution in [2.75, 3.05) is 19.6 Å². The van der Waals surface area contributed by atoms with Crippen molar-refractivity contribution in [3.8, 4) is 0 Å². The van der Waals surface area contributed by atoms with Crippen LogP contribution >= 0.6 is 0 Å². The summed E-state index contributed by atoms with van der Waals surface area (Å²) in [6, 6.07) is 9.93. The average Bonchev–Trinajstić information content (AvgIpc) is 2.98. The molecule has 0 aromatic heterocycles. The van der Waals surface area contributed by atoms with Gasteiger partial charge in [-0.3, -0.25) is 4.79 Å². The van der Waals surface area contributed by atoms with Crippen LogP contribution in [-0.2, 0) is 4.79 Å². The van der Waals surface area contributed by atoms with Gasteiger partial charge in [0.2, 0.25) is 5.91 Å². The van der Waals surface area contributed by atoms with Crippen molar-refractivity contribution in [1.29, 1.82) is 0 Å². The second kappa shape index (κ2) is 6.53. The predicted molar refractivity (Wildman–Crippen MR) is 78.8 cm³/mol. The number of hydrogen-bond acceptors (Lipinski definition) is 2. The van der Waals surface area contributed by atoms with Crippen LogP contribution in [0.2, 0.25) is 0 Å². The maximum absolute atomic E-state index is 12.1. The monoisotopic (exact) mass is 258 g/mol. The first kappa shape index (κ1) is 13.8. The molecule has 1 atom stereocenters. The molecule has 1 aliphatic heterocycles. The van der Waals surface area contributed by atoms with Gasteiger partial charge in [-0.05, 0) is 30.9 Å². The second-order valence-electron chi connectivity index (χ2n) is 5.10. The molecule has 1 saturated heterocycles. The van der Waals surface area contributed by atoms with Crippen LogP contribution in [0.4, 0.5) is 0 Å². The minimum atomic E-state index is -0.140. The third-order valence-corrected chi connectivity index (χ3v) is 3.59. The highest BCUT2D eigenvalue weighted by molar-refractivity contribution is 5.82. The summed E-state index contributed by atoms with van der Waals surface area (Å²) in [6.07, 6.45) is 2.27. The van der Waals surface area contributed by atoms with Crippen LogP contribution in [0.25, 0.3) is 5.57 Å². The fourth-order valence-electron chi connectivity index (χ4n) is 2.35. The summed E-state index contributed by atoms with van der Waals surface area (Å²) >= 11 is 0. The molecule has 1 N–H and O–H groups in total. The molecule has 1 aliphatic rings. The Balaban J connectivity index is 1.81. The van der Waals surface area contributed by atoms with E-state index < -0.39 is 0 Å². The number of nitrogens with zero attached hydrogens (tertiary/aromatic N) is 1. The van der Waals surface area contributed by atoms with Gasteiger partial charge in [0.25, 0.3) is 0 Å². The van der Waals surface area contributed by atoms with Crippen molar-refractivity contribution in [3.63, 3.8) is 0 Å². The predicted octanol–water partition coefficient (Wildman–Crippen LogP) is 2.30. The summed E-state index contributed by atoms with van der Waals surface area (Å²) < 4.78 is 0. The highest BCUT2D eigenvalue weighted by Gasteiger charge is 2.22. The van der Waals surface area contributed by atoms with E-state index in [9.17, 15) is 4.79 Å². The van der Waals surface area contributed by atoms with E-state index in [-0.39, 0.29) is 11.9 Å². The van der Waals surface area contributed by atoms with Crippen molar-refractivity contribution >= 4 is 11.5 Å². The van der Waals surface area contributed by atoms with E-state index in [1.165, 1.54) is 0 Å². The van der Waals surface area contributed by atoms with E-state index in [1.54, 1.807) is 0 Å². The number of nitrogens with one attached hydrogen (secondary N) is 1. The van der Waals surface area contributed by atoms with Gasteiger partial charge in [-0.25, -0.2) is 0 Å². The molecule has 1 fully saturated rings. The van der Waals surface area contributed by atoms with Crippen molar-refractivity contribution < 1.29 is 4.79 Å². The molecule has 3 heteroatoms. The zero-order valence-electron chi connectivity index (χ0n) is 11.6. The van der Waals surface area contributed by atoms with Crippen LogP contribution in [0.1, 0.15) is 25.3 Å². The van der Waals surface area contributed by atoms with Crippen LogP contribution in [0, 0.1) is 0 Å². The van der Waals surface area contributed by atoms with Crippen LogP contribution in [0.15, 0.2) is 36.9 Å². The van der Waals surface area contributed by atoms with Gasteiger partial charge in [-0.15, -0.1) is 0 Å². The molecule has 1 amide bonds. The van der Waals surface area contributed by atoms with E-state index in [0.717, 1.165) is 37.1 Å². The second-order valence-corrected chi connectivity index (χ2v) is 5.10. The van der Waals surface area contributed by atoms with E-state index >= 15 is 0 Å². The lowest BCUT2D eigenvalue weighted by molar-refractivity contribution is -0.131. The number of benzene rings is 1. The van der Waals surface area contributed by atoms with Crippen LogP contribution in [0.5, 0.6) is 0 Å². The maximum Gasteiger partial charge on any atom is 0.239 e. The van der Waals surface area contributed by atoms with E-state index in [0.29, 0.717) is 6.54 Å². The van der Waals surface area contributed by atoms with Crippen molar-refractivity contribution in [2.45, 2.75) is 25.8 Å². The average molecular weight is 258 g/mol. The molecular weight excluding hydrogens is 236 g/mol. The number of amides is 1. The van der Waals surface area contributed by atoms with Crippen LogP contribution in [0.3, 0.4) is 0 Å². The molecule has 19 heavy (non-hydrogen) atoms. The first-order valence-electron chi connectivity index (χ1n) is 6.94. The summed E-state index contributed by atoms with van der Waals surface area (Å²) in [6.45, 7) is 8.45. The molecule has 1 unspecified atom stereocenters. The molecule has 2 rings (SSSR count). The molecule has 0 radical (unpaired) electrons. The summed E-state index contributed by atoms with van der Waals surface area (Å²) in [5, 5.41) is 3.27. The maximum atomic E-state index is 12.1. The minimum Gasteiger partial charge on any atom is -0.341 e. The molecule has 0 aliphatic carbocycles. The Kier molecular flexibility index (Phi) is 4.74. The molecule has 0 saturated carbocycles. The minimum absolute atomic E-state index is 0.140. The highest BCUT2D eigenvalue weighted by atomic mass is 16.2. The smallest absolute Gasteiger partial charge is 0.239 e. The molecule has 1 aromatic rings. The SMILES string of the molecule is C=C(CNC(C)C(=O)N1CCCC1)c1ccccc1. The fraction of sp³-hybridized carbons (Fsp3) is 0.438. The van der Waals surface area contributed by atoms with Gasteiger partial charge in [0.1, 0.15) is 0 Å². The van der Waals surface area contributed by atoms with Crippen molar-refractivity contribution in [1.82, 2.24) is 10.2 Å². The molecule has 1 heterocycles. The number of carbonyl (C=O) groups is 1. The summed E-state index contributed by atoms with van der Waals surface area (Å²) in [5.41, 5.74) is 2.14. The van der Waals surface area contributed by atoms with Gasteiger partial charge >= 0.3 is 0 Å². The van der Waals surface area contributed by atoms with E-state index in [1.807, 2.05) is 42.2 Å². The lowest BCUT2D eigenvalue weighted by Gasteiger charge is -2.21. The van der Waals surface area contributed by atoms with Gasteiger partial charge in [-0.2, -0.15) is 0 Å². The topological polar surface area (TPSA) is 32.3 Å². The summed E-state index contributed by atoms with van der Waals surface area (Å²) in [7, 11) is 0. The van der Waals surface area contributed by atoms with Gasteiger partial charge in [0.15, 0.2) is 0 Å². The Hall–Kier alpha value is -1.61. The Labute approximate surface area is 115 Å². The van der Waals surface area contributed by atoms with Gasteiger partial charge in [0.05, 0.1) is 6.04 Å². The van der Waals surface area contributed by atoms with Gasteiger partial charge in [0, 0.05) is 19.6 Å². The fourth-order valence-corrected chi connectivity index (χ4v) is 2.35. The number of rotatable bonds is 5. The zero-order valence-corrected chi connectivity index (χ0v) is 11.6. The number of hydrogen-bond donors (Lipinski definition) is 1. The third-order valence-electron chi connectivity index (χ3n) is 3.59. The van der Waals surface area contributed by atoms with Crippen molar-refractivity contribution in [2.24, 2.45) is 0 Å². The van der Waals surface area contributed by atoms with E-state index in [2.05, 4.69) is 11.9 Å². The third kappa shape index (κ3) is 3.67. The number of carbonyl (C=O) groups excluding carboxylic acids is 1.